The van der Waals surface area contributed by atoms with Crippen molar-refractivity contribution in [3.8, 4) is 0 Å². The zero-order chi connectivity index (χ0) is 23.6. The van der Waals surface area contributed by atoms with E-state index in [2.05, 4.69) is 32.7 Å². The quantitative estimate of drug-likeness (QED) is 0.153. The Balaban J connectivity index is 1.06. The zero-order valence-electron chi connectivity index (χ0n) is 22.3. The van der Waals surface area contributed by atoms with Gasteiger partial charge in [-0.1, -0.05) is 38.5 Å². The van der Waals surface area contributed by atoms with Crippen LogP contribution in [0.5, 0.6) is 0 Å². The Morgan fingerprint density at radius 1 is 0.727 bits per heavy atom. The predicted octanol–water partition coefficient (Wildman–Crippen LogP) is 5.32. The topological polar surface area (TPSA) is 27.7 Å². The average Bonchev–Trinajstić information content (AvgIpc) is 3.11. The van der Waals surface area contributed by atoms with Gasteiger partial charge in [0.05, 0.1) is 25.8 Å². The smallest absolute Gasteiger partial charge is 0.377 e. The molecule has 33 heavy (non-hydrogen) atoms. The van der Waals surface area contributed by atoms with Gasteiger partial charge in [-0.05, 0) is 51.0 Å². The molecule has 4 saturated heterocycles. The first kappa shape index (κ1) is 27.9. The van der Waals surface area contributed by atoms with Crippen LogP contribution in [-0.4, -0.2) is 101 Å². The number of fused-ring (bicyclic) bond motifs is 3. The second-order valence-electron chi connectivity index (χ2n) is 11.5. The maximum Gasteiger partial charge on any atom is 0.501 e. The molecule has 2 unspecified atom stereocenters. The number of nitrogens with zero attached hydrogens (tertiary/aromatic N) is 2. The van der Waals surface area contributed by atoms with Crippen LogP contribution in [0.2, 0.25) is 6.04 Å². The molecule has 0 spiro atoms. The molecule has 0 aromatic rings. The molecule has 2 bridgehead atoms. The van der Waals surface area contributed by atoms with Crippen LogP contribution in [0.4, 0.5) is 0 Å². The highest BCUT2D eigenvalue weighted by atomic mass is 32.2. The van der Waals surface area contributed by atoms with Crippen molar-refractivity contribution in [3.05, 3.63) is 0 Å². The number of quaternary nitrogens is 2. The standard InChI is InChI=1S/C26H54N2O3SSi/c1-25-26(2)31-33(29-4,30-25)24-14-23-32-22-13-11-9-7-5-6-8-10-12-15-28-19-16-27(3,17-20-28)18-21-28/h25-26H,5-24H2,1-4H3/q+2. The molecule has 7 heteroatoms. The summed E-state index contributed by atoms with van der Waals surface area (Å²) in [7, 11) is 1.85. The molecule has 4 heterocycles. The van der Waals surface area contributed by atoms with Gasteiger partial charge in [0.2, 0.25) is 0 Å². The second-order valence-corrected chi connectivity index (χ2v) is 15.4. The maximum atomic E-state index is 6.05. The van der Waals surface area contributed by atoms with Crippen LogP contribution in [0, 0.1) is 0 Å². The molecular formula is C26H54N2O3SSi+2. The van der Waals surface area contributed by atoms with Gasteiger partial charge >= 0.3 is 8.80 Å². The van der Waals surface area contributed by atoms with E-state index < -0.39 is 8.80 Å². The van der Waals surface area contributed by atoms with Gasteiger partial charge in [-0.3, -0.25) is 0 Å². The lowest BCUT2D eigenvalue weighted by atomic mass is 10.0. The van der Waals surface area contributed by atoms with Gasteiger partial charge in [0.25, 0.3) is 0 Å². The zero-order valence-corrected chi connectivity index (χ0v) is 24.1. The van der Waals surface area contributed by atoms with E-state index in [0.29, 0.717) is 0 Å². The third kappa shape index (κ3) is 8.76. The summed E-state index contributed by atoms with van der Waals surface area (Å²) < 4.78 is 20.6. The summed E-state index contributed by atoms with van der Waals surface area (Å²) in [4.78, 5) is 0. The van der Waals surface area contributed by atoms with Crippen LogP contribution in [0.25, 0.3) is 0 Å². The Hall–Kier alpha value is 0.367. The fourth-order valence-corrected chi connectivity index (χ4v) is 9.88. The van der Waals surface area contributed by atoms with E-state index in [-0.39, 0.29) is 12.2 Å². The van der Waals surface area contributed by atoms with Crippen molar-refractivity contribution in [2.45, 2.75) is 96.3 Å². The lowest BCUT2D eigenvalue weighted by Crippen LogP contribution is -2.73. The van der Waals surface area contributed by atoms with E-state index in [0.717, 1.165) is 12.5 Å². The van der Waals surface area contributed by atoms with Gasteiger partial charge in [-0.15, -0.1) is 0 Å². The first-order valence-electron chi connectivity index (χ1n) is 14.1. The molecule has 5 nitrogen and oxygen atoms in total. The summed E-state index contributed by atoms with van der Waals surface area (Å²) in [6, 6.07) is 0.962. The summed E-state index contributed by atoms with van der Waals surface area (Å²) >= 11 is 2.09. The largest absolute Gasteiger partial charge is 0.501 e. The highest BCUT2D eigenvalue weighted by molar-refractivity contribution is 7.99. The van der Waals surface area contributed by atoms with Crippen molar-refractivity contribution in [1.29, 1.82) is 0 Å². The van der Waals surface area contributed by atoms with Crippen LogP contribution in [0.3, 0.4) is 0 Å². The van der Waals surface area contributed by atoms with E-state index in [1.165, 1.54) is 124 Å². The molecule has 0 amide bonds. The van der Waals surface area contributed by atoms with E-state index >= 15 is 0 Å². The highest BCUT2D eigenvalue weighted by Crippen LogP contribution is 2.30. The number of piperazine rings is 3. The van der Waals surface area contributed by atoms with Crippen molar-refractivity contribution in [2.24, 2.45) is 0 Å². The molecule has 0 saturated carbocycles. The molecule has 0 radical (unpaired) electrons. The average molecular weight is 503 g/mol. The van der Waals surface area contributed by atoms with Gasteiger partial charge < -0.3 is 22.2 Å². The minimum Gasteiger partial charge on any atom is -0.377 e. The number of hydrogen-bond acceptors (Lipinski definition) is 4. The van der Waals surface area contributed by atoms with Gasteiger partial charge in [0.1, 0.15) is 39.3 Å². The normalized spacial score (nSPS) is 36.0. The molecule has 4 aliphatic heterocycles. The Morgan fingerprint density at radius 3 is 1.76 bits per heavy atom. The van der Waals surface area contributed by atoms with Gasteiger partial charge in [-0.2, -0.15) is 11.8 Å². The van der Waals surface area contributed by atoms with Crippen molar-refractivity contribution in [2.75, 3.05) is 71.5 Å². The van der Waals surface area contributed by atoms with Crippen molar-refractivity contribution >= 4 is 20.6 Å². The van der Waals surface area contributed by atoms with E-state index in [4.69, 9.17) is 13.3 Å². The number of rotatable bonds is 17. The second kappa shape index (κ2) is 13.6. The van der Waals surface area contributed by atoms with Gasteiger partial charge in [-0.25, -0.2) is 0 Å². The Kier molecular flexibility index (Phi) is 11.5. The Bertz CT molecular complexity index is 533. The molecule has 4 fully saturated rings. The van der Waals surface area contributed by atoms with Crippen LogP contribution in [0.1, 0.15) is 78.1 Å². The summed E-state index contributed by atoms with van der Waals surface area (Å²) in [5.74, 6) is 2.50. The maximum absolute atomic E-state index is 6.05. The third-order valence-corrected chi connectivity index (χ3v) is 12.9. The summed E-state index contributed by atoms with van der Waals surface area (Å²) in [6.07, 6.45) is 14.4. The van der Waals surface area contributed by atoms with Crippen molar-refractivity contribution < 1.29 is 22.2 Å². The SMILES string of the molecule is CO[Si]1(CCCSCCCCCCCCCCC[N+]23CC[N+](C)(CC2)CC3)OC(C)C(C)O1. The first-order valence-corrected chi connectivity index (χ1v) is 17.2. The highest BCUT2D eigenvalue weighted by Gasteiger charge is 2.49. The van der Waals surface area contributed by atoms with E-state index in [9.17, 15) is 0 Å². The third-order valence-electron chi connectivity index (χ3n) is 8.74. The predicted molar refractivity (Wildman–Crippen MR) is 143 cm³/mol. The minimum atomic E-state index is -2.37. The monoisotopic (exact) mass is 502 g/mol. The lowest BCUT2D eigenvalue weighted by molar-refractivity contribution is -1.07. The van der Waals surface area contributed by atoms with Crippen LogP contribution < -0.4 is 0 Å². The summed E-state index contributed by atoms with van der Waals surface area (Å²) in [6.45, 7) is 14.3. The molecule has 0 aromatic carbocycles. The van der Waals surface area contributed by atoms with Crippen molar-refractivity contribution in [3.63, 3.8) is 0 Å². The number of likely N-dealkylation sites (N-methyl/N-ethyl adjacent to an activating group) is 1. The van der Waals surface area contributed by atoms with Crippen molar-refractivity contribution in [1.82, 2.24) is 0 Å². The van der Waals surface area contributed by atoms with E-state index in [1.807, 2.05) is 0 Å². The molecule has 4 aliphatic rings. The van der Waals surface area contributed by atoms with Crippen LogP contribution >= 0.6 is 11.8 Å². The molecule has 0 aliphatic carbocycles. The summed E-state index contributed by atoms with van der Waals surface area (Å²) in [5, 5.41) is 0. The fraction of sp³-hybridized carbons (Fsp3) is 1.00. The molecule has 0 aromatic heterocycles. The van der Waals surface area contributed by atoms with Crippen LogP contribution in [-0.2, 0) is 13.3 Å². The lowest BCUT2D eigenvalue weighted by Gasteiger charge is -2.54. The molecular weight excluding hydrogens is 448 g/mol. The van der Waals surface area contributed by atoms with Crippen LogP contribution in [0.15, 0.2) is 0 Å². The molecule has 2 atom stereocenters. The first-order chi connectivity index (χ1) is 15.9. The van der Waals surface area contributed by atoms with E-state index in [1.54, 1.807) is 7.11 Å². The molecule has 194 valence electrons. The van der Waals surface area contributed by atoms with Gasteiger partial charge in [0, 0.05) is 13.2 Å². The molecule has 4 rings (SSSR count). The Morgan fingerprint density at radius 2 is 1.21 bits per heavy atom. The number of thioether (sulfide) groups is 1. The Labute approximate surface area is 210 Å². The molecule has 0 N–H and O–H groups in total. The minimum absolute atomic E-state index is 0.170. The fourth-order valence-electron chi connectivity index (χ4n) is 5.85. The number of hydrogen-bond donors (Lipinski definition) is 0. The van der Waals surface area contributed by atoms with Gasteiger partial charge in [0.15, 0.2) is 0 Å². The summed E-state index contributed by atoms with van der Waals surface area (Å²) in [5.41, 5.74) is 0. The number of unbranched alkanes of at least 4 members (excludes halogenated alkanes) is 8.